The van der Waals surface area contributed by atoms with E-state index in [0.29, 0.717) is 0 Å². The predicted octanol–water partition coefficient (Wildman–Crippen LogP) is 2.39. The number of aliphatic imine (C=N–C) groups is 1. The summed E-state index contributed by atoms with van der Waals surface area (Å²) in [6.45, 7) is 16.3. The third-order valence-electron chi connectivity index (χ3n) is 5.85. The van der Waals surface area contributed by atoms with Gasteiger partial charge in [0, 0.05) is 38.8 Å². The molecule has 6 nitrogen and oxygen atoms in total. The van der Waals surface area contributed by atoms with Crippen molar-refractivity contribution in [2.24, 2.45) is 10.9 Å². The Morgan fingerprint density at radius 2 is 1.74 bits per heavy atom. The molecule has 160 valence electrons. The standard InChI is InChI=1S/C20H41N5O.HI/c1-18-7-11-24(12-8-18)10-6-5-9-22-19(21-4)23-17-20(2,3)25-13-15-26-16-14-25;/h18H,5-17H2,1-4H3,(H2,21,22,23);1H. The van der Waals surface area contributed by atoms with E-state index in [1.807, 2.05) is 7.05 Å². The minimum atomic E-state index is 0. The smallest absolute Gasteiger partial charge is 0.191 e. The number of halogens is 1. The molecule has 0 spiro atoms. The highest BCUT2D eigenvalue weighted by molar-refractivity contribution is 14.0. The summed E-state index contributed by atoms with van der Waals surface area (Å²) >= 11 is 0. The van der Waals surface area contributed by atoms with Crippen LogP contribution >= 0.6 is 24.0 Å². The lowest BCUT2D eigenvalue weighted by atomic mass is 9.99. The Labute approximate surface area is 183 Å². The van der Waals surface area contributed by atoms with Crippen molar-refractivity contribution in [3.8, 4) is 0 Å². The summed E-state index contributed by atoms with van der Waals surface area (Å²) in [6, 6.07) is 0. The van der Waals surface area contributed by atoms with Crippen LogP contribution in [0.25, 0.3) is 0 Å². The number of hydrogen-bond donors (Lipinski definition) is 2. The topological polar surface area (TPSA) is 52.1 Å². The van der Waals surface area contributed by atoms with Crippen molar-refractivity contribution >= 4 is 29.9 Å². The fourth-order valence-corrected chi connectivity index (χ4v) is 3.75. The summed E-state index contributed by atoms with van der Waals surface area (Å²) in [5.74, 6) is 1.84. The summed E-state index contributed by atoms with van der Waals surface area (Å²) in [6.07, 6.45) is 5.19. The fourth-order valence-electron chi connectivity index (χ4n) is 3.75. The molecule has 2 aliphatic heterocycles. The highest BCUT2D eigenvalue weighted by atomic mass is 127. The third-order valence-corrected chi connectivity index (χ3v) is 5.85. The molecule has 0 aromatic rings. The first-order valence-corrected chi connectivity index (χ1v) is 10.5. The number of nitrogens with zero attached hydrogens (tertiary/aromatic N) is 3. The molecule has 2 heterocycles. The van der Waals surface area contributed by atoms with Crippen LogP contribution in [0.15, 0.2) is 4.99 Å². The number of likely N-dealkylation sites (tertiary alicyclic amines) is 1. The second kappa shape index (κ2) is 13.2. The zero-order valence-electron chi connectivity index (χ0n) is 17.9. The van der Waals surface area contributed by atoms with E-state index in [-0.39, 0.29) is 29.5 Å². The Morgan fingerprint density at radius 1 is 1.07 bits per heavy atom. The van der Waals surface area contributed by atoms with Crippen LogP contribution in [0.1, 0.15) is 46.5 Å². The molecule has 2 rings (SSSR count). The van der Waals surface area contributed by atoms with E-state index < -0.39 is 0 Å². The van der Waals surface area contributed by atoms with E-state index in [2.05, 4.69) is 46.2 Å². The van der Waals surface area contributed by atoms with Gasteiger partial charge in [0.1, 0.15) is 0 Å². The average Bonchev–Trinajstić information content (AvgIpc) is 2.66. The monoisotopic (exact) mass is 495 g/mol. The van der Waals surface area contributed by atoms with Gasteiger partial charge in [-0.3, -0.25) is 9.89 Å². The summed E-state index contributed by atoms with van der Waals surface area (Å²) < 4.78 is 5.47. The van der Waals surface area contributed by atoms with E-state index in [9.17, 15) is 0 Å². The molecule has 0 aliphatic carbocycles. The van der Waals surface area contributed by atoms with Crippen LogP contribution < -0.4 is 10.6 Å². The fraction of sp³-hybridized carbons (Fsp3) is 0.950. The summed E-state index contributed by atoms with van der Waals surface area (Å²) in [5, 5.41) is 6.97. The van der Waals surface area contributed by atoms with E-state index in [1.54, 1.807) is 0 Å². The molecule has 27 heavy (non-hydrogen) atoms. The van der Waals surface area contributed by atoms with E-state index in [0.717, 1.165) is 51.3 Å². The molecule has 0 saturated carbocycles. The Bertz CT molecular complexity index is 419. The van der Waals surface area contributed by atoms with E-state index in [1.165, 1.54) is 45.3 Å². The third kappa shape index (κ3) is 9.28. The van der Waals surface area contributed by atoms with Crippen molar-refractivity contribution in [3.63, 3.8) is 0 Å². The van der Waals surface area contributed by atoms with Crippen molar-refractivity contribution in [1.82, 2.24) is 20.4 Å². The van der Waals surface area contributed by atoms with E-state index in [4.69, 9.17) is 4.74 Å². The van der Waals surface area contributed by atoms with Crippen LogP contribution in [0, 0.1) is 5.92 Å². The van der Waals surface area contributed by atoms with Gasteiger partial charge in [0.25, 0.3) is 0 Å². The molecular weight excluding hydrogens is 453 g/mol. The van der Waals surface area contributed by atoms with Crippen molar-refractivity contribution in [1.29, 1.82) is 0 Å². The number of ether oxygens (including phenoxy) is 1. The first-order chi connectivity index (χ1) is 12.5. The molecule has 0 amide bonds. The molecule has 0 aromatic carbocycles. The number of hydrogen-bond acceptors (Lipinski definition) is 4. The van der Waals surface area contributed by atoms with Crippen LogP contribution in [0.5, 0.6) is 0 Å². The second-order valence-corrected chi connectivity index (χ2v) is 8.50. The number of morpholine rings is 1. The lowest BCUT2D eigenvalue weighted by Crippen LogP contribution is -2.56. The molecule has 2 N–H and O–H groups in total. The number of unbranched alkanes of at least 4 members (excludes halogenated alkanes) is 1. The largest absolute Gasteiger partial charge is 0.379 e. The first kappa shape index (κ1) is 24.9. The quantitative estimate of drug-likeness (QED) is 0.235. The van der Waals surface area contributed by atoms with Gasteiger partial charge in [-0.25, -0.2) is 0 Å². The Kier molecular flexibility index (Phi) is 12.2. The Morgan fingerprint density at radius 3 is 2.37 bits per heavy atom. The maximum atomic E-state index is 5.47. The van der Waals surface area contributed by atoms with Gasteiger partial charge in [0.2, 0.25) is 0 Å². The van der Waals surface area contributed by atoms with Gasteiger partial charge in [-0.2, -0.15) is 0 Å². The maximum absolute atomic E-state index is 5.47. The van der Waals surface area contributed by atoms with Gasteiger partial charge < -0.3 is 20.3 Å². The van der Waals surface area contributed by atoms with Gasteiger partial charge in [-0.1, -0.05) is 6.92 Å². The van der Waals surface area contributed by atoms with Crippen molar-refractivity contribution in [2.75, 3.05) is 66.1 Å². The van der Waals surface area contributed by atoms with Gasteiger partial charge in [0.05, 0.1) is 13.2 Å². The van der Waals surface area contributed by atoms with Gasteiger partial charge in [-0.15, -0.1) is 24.0 Å². The maximum Gasteiger partial charge on any atom is 0.191 e. The summed E-state index contributed by atoms with van der Waals surface area (Å²) in [7, 11) is 1.85. The highest BCUT2D eigenvalue weighted by Gasteiger charge is 2.28. The molecule has 0 bridgehead atoms. The summed E-state index contributed by atoms with van der Waals surface area (Å²) in [4.78, 5) is 9.49. The molecule has 0 unspecified atom stereocenters. The lowest BCUT2D eigenvalue weighted by molar-refractivity contribution is -0.00833. The van der Waals surface area contributed by atoms with E-state index >= 15 is 0 Å². The summed E-state index contributed by atoms with van der Waals surface area (Å²) in [5.41, 5.74) is 0.104. The zero-order valence-corrected chi connectivity index (χ0v) is 20.3. The van der Waals surface area contributed by atoms with Crippen LogP contribution in [-0.2, 0) is 4.74 Å². The van der Waals surface area contributed by atoms with Crippen LogP contribution in [-0.4, -0.2) is 87.4 Å². The lowest BCUT2D eigenvalue weighted by Gasteiger charge is -2.41. The van der Waals surface area contributed by atoms with Gasteiger partial charge in [-0.05, 0) is 65.1 Å². The normalized spacial score (nSPS) is 21.0. The first-order valence-electron chi connectivity index (χ1n) is 10.5. The molecule has 7 heteroatoms. The zero-order chi connectivity index (χ0) is 18.8. The minimum absolute atomic E-state index is 0. The average molecular weight is 495 g/mol. The van der Waals surface area contributed by atoms with Crippen molar-refractivity contribution < 1.29 is 4.74 Å². The molecule has 0 radical (unpaired) electrons. The molecule has 2 fully saturated rings. The molecular formula is C20H42IN5O. The number of nitrogens with one attached hydrogen (secondary N) is 2. The van der Waals surface area contributed by atoms with Crippen LogP contribution in [0.3, 0.4) is 0 Å². The second-order valence-electron chi connectivity index (χ2n) is 8.50. The van der Waals surface area contributed by atoms with Crippen LogP contribution in [0.2, 0.25) is 0 Å². The predicted molar refractivity (Wildman–Crippen MR) is 125 cm³/mol. The molecule has 0 aromatic heterocycles. The number of piperidine rings is 1. The van der Waals surface area contributed by atoms with Gasteiger partial charge >= 0.3 is 0 Å². The number of rotatable bonds is 8. The SMILES string of the molecule is CN=C(NCCCCN1CCC(C)CC1)NCC(C)(C)N1CCOCC1.I. The van der Waals surface area contributed by atoms with Crippen molar-refractivity contribution in [2.45, 2.75) is 52.0 Å². The molecule has 2 saturated heterocycles. The van der Waals surface area contributed by atoms with Crippen molar-refractivity contribution in [3.05, 3.63) is 0 Å². The highest BCUT2D eigenvalue weighted by Crippen LogP contribution is 2.16. The van der Waals surface area contributed by atoms with Gasteiger partial charge in [0.15, 0.2) is 5.96 Å². The Hall–Kier alpha value is -0.120. The van der Waals surface area contributed by atoms with Crippen LogP contribution in [0.4, 0.5) is 0 Å². The Balaban J connectivity index is 0.00000364. The minimum Gasteiger partial charge on any atom is -0.379 e. The molecule has 2 aliphatic rings. The number of guanidine groups is 1. The molecule has 0 atom stereocenters.